The van der Waals surface area contributed by atoms with Crippen molar-refractivity contribution in [1.29, 1.82) is 5.26 Å². The third-order valence-electron chi connectivity index (χ3n) is 2.47. The third kappa shape index (κ3) is 2.46. The third-order valence-corrected chi connectivity index (χ3v) is 2.47. The van der Waals surface area contributed by atoms with E-state index in [1.165, 1.54) is 30.3 Å². The zero-order chi connectivity index (χ0) is 13.0. The molecule has 4 heteroatoms. The molecular weight excluding hydrogens is 234 g/mol. The lowest BCUT2D eigenvalue weighted by Gasteiger charge is -2.20. The molecule has 0 aliphatic carbocycles. The highest BCUT2D eigenvalue weighted by Gasteiger charge is 2.31. The van der Waals surface area contributed by atoms with Crippen molar-refractivity contribution in [2.75, 3.05) is 5.32 Å². The van der Waals surface area contributed by atoms with Gasteiger partial charge in [0.05, 0.1) is 0 Å². The summed E-state index contributed by atoms with van der Waals surface area (Å²) >= 11 is 0. The maximum absolute atomic E-state index is 14.5. The number of rotatable bonds is 3. The molecule has 2 aromatic carbocycles. The van der Waals surface area contributed by atoms with Crippen LogP contribution in [0.25, 0.3) is 0 Å². The van der Waals surface area contributed by atoms with Gasteiger partial charge in [-0.25, -0.2) is 4.39 Å². The first-order valence-corrected chi connectivity index (χ1v) is 5.33. The van der Waals surface area contributed by atoms with Crippen molar-refractivity contribution in [3.63, 3.8) is 0 Å². The number of anilines is 1. The van der Waals surface area contributed by atoms with Crippen LogP contribution in [0.3, 0.4) is 0 Å². The summed E-state index contributed by atoms with van der Waals surface area (Å²) in [4.78, 5) is 0. The minimum Gasteiger partial charge on any atom is -0.338 e. The lowest BCUT2D eigenvalue weighted by molar-refractivity contribution is 0.286. The standard InChI is InChI=1S/C14H10F2N2/c15-12-7-4-8-13(9-12)18-14(16,10-17)11-5-2-1-3-6-11/h1-9,18H. The molecular formula is C14H10F2N2. The van der Waals surface area contributed by atoms with E-state index in [-0.39, 0.29) is 11.3 Å². The van der Waals surface area contributed by atoms with Gasteiger partial charge in [-0.1, -0.05) is 36.4 Å². The van der Waals surface area contributed by atoms with Crippen molar-refractivity contribution in [3.05, 3.63) is 66.0 Å². The fourth-order valence-electron chi connectivity index (χ4n) is 1.60. The van der Waals surface area contributed by atoms with Crippen LogP contribution in [0.4, 0.5) is 14.5 Å². The van der Waals surface area contributed by atoms with E-state index in [9.17, 15) is 8.78 Å². The fourth-order valence-corrected chi connectivity index (χ4v) is 1.60. The predicted octanol–water partition coefficient (Wildman–Crippen LogP) is 3.58. The summed E-state index contributed by atoms with van der Waals surface area (Å²) in [5.74, 6) is -2.87. The molecule has 0 aliphatic heterocycles. The zero-order valence-corrected chi connectivity index (χ0v) is 9.40. The average molecular weight is 244 g/mol. The Morgan fingerprint density at radius 1 is 1.06 bits per heavy atom. The summed E-state index contributed by atoms with van der Waals surface area (Å²) in [6.07, 6.45) is 0. The van der Waals surface area contributed by atoms with Crippen LogP contribution in [0.15, 0.2) is 54.6 Å². The summed E-state index contributed by atoms with van der Waals surface area (Å²) < 4.78 is 27.5. The zero-order valence-electron chi connectivity index (χ0n) is 9.40. The van der Waals surface area contributed by atoms with Gasteiger partial charge in [0.25, 0.3) is 5.79 Å². The number of hydrogen-bond acceptors (Lipinski definition) is 2. The Bertz CT molecular complexity index is 578. The first-order valence-electron chi connectivity index (χ1n) is 5.33. The molecule has 2 rings (SSSR count). The summed E-state index contributed by atoms with van der Waals surface area (Å²) in [5, 5.41) is 11.4. The highest BCUT2D eigenvalue weighted by atomic mass is 19.1. The second-order valence-corrected chi connectivity index (χ2v) is 3.77. The Kier molecular flexibility index (Phi) is 3.24. The van der Waals surface area contributed by atoms with Crippen LogP contribution in [0.1, 0.15) is 5.56 Å². The van der Waals surface area contributed by atoms with Gasteiger partial charge in [-0.3, -0.25) is 0 Å². The van der Waals surface area contributed by atoms with Crippen LogP contribution >= 0.6 is 0 Å². The number of benzene rings is 2. The molecule has 0 heterocycles. The molecule has 0 bridgehead atoms. The molecule has 1 atom stereocenters. The maximum Gasteiger partial charge on any atom is 0.293 e. The molecule has 0 saturated heterocycles. The molecule has 0 radical (unpaired) electrons. The van der Waals surface area contributed by atoms with Crippen molar-refractivity contribution in [3.8, 4) is 6.07 Å². The van der Waals surface area contributed by atoms with Gasteiger partial charge in [0, 0.05) is 11.3 Å². The Hall–Kier alpha value is -2.41. The van der Waals surface area contributed by atoms with Crippen LogP contribution in [0.2, 0.25) is 0 Å². The maximum atomic E-state index is 14.5. The van der Waals surface area contributed by atoms with Crippen molar-refractivity contribution < 1.29 is 8.78 Å². The SMILES string of the molecule is N#CC(F)(Nc1cccc(F)c1)c1ccccc1. The van der Waals surface area contributed by atoms with E-state index in [2.05, 4.69) is 5.32 Å². The number of nitrogens with one attached hydrogen (secondary N) is 1. The van der Waals surface area contributed by atoms with Crippen LogP contribution in [0, 0.1) is 17.1 Å². The quantitative estimate of drug-likeness (QED) is 0.837. The lowest BCUT2D eigenvalue weighted by atomic mass is 10.1. The monoisotopic (exact) mass is 244 g/mol. The van der Waals surface area contributed by atoms with Crippen molar-refractivity contribution in [1.82, 2.24) is 0 Å². The smallest absolute Gasteiger partial charge is 0.293 e. The largest absolute Gasteiger partial charge is 0.338 e. The first-order chi connectivity index (χ1) is 8.64. The number of halogens is 2. The van der Waals surface area contributed by atoms with E-state index >= 15 is 0 Å². The van der Waals surface area contributed by atoms with Gasteiger partial charge in [0.1, 0.15) is 11.9 Å². The first kappa shape index (κ1) is 12.1. The van der Waals surface area contributed by atoms with Crippen LogP contribution in [-0.4, -0.2) is 0 Å². The molecule has 0 spiro atoms. The normalized spacial score (nSPS) is 13.4. The van der Waals surface area contributed by atoms with Gasteiger partial charge < -0.3 is 5.32 Å². The molecule has 2 nitrogen and oxygen atoms in total. The van der Waals surface area contributed by atoms with Crippen LogP contribution in [-0.2, 0) is 5.79 Å². The molecule has 18 heavy (non-hydrogen) atoms. The second kappa shape index (κ2) is 4.84. The van der Waals surface area contributed by atoms with Crippen molar-refractivity contribution in [2.24, 2.45) is 0 Å². The van der Waals surface area contributed by atoms with E-state index in [0.717, 1.165) is 6.07 Å². The van der Waals surface area contributed by atoms with E-state index in [1.54, 1.807) is 24.3 Å². The Balaban J connectivity index is 2.33. The topological polar surface area (TPSA) is 35.8 Å². The highest BCUT2D eigenvalue weighted by Crippen LogP contribution is 2.27. The average Bonchev–Trinajstić information content (AvgIpc) is 2.39. The Morgan fingerprint density at radius 2 is 1.78 bits per heavy atom. The van der Waals surface area contributed by atoms with Crippen LogP contribution in [0.5, 0.6) is 0 Å². The molecule has 2 aromatic rings. The van der Waals surface area contributed by atoms with E-state index < -0.39 is 11.6 Å². The van der Waals surface area contributed by atoms with Crippen molar-refractivity contribution in [2.45, 2.75) is 5.79 Å². The van der Waals surface area contributed by atoms with Gasteiger partial charge in [0.2, 0.25) is 0 Å². The van der Waals surface area contributed by atoms with Gasteiger partial charge in [0.15, 0.2) is 0 Å². The van der Waals surface area contributed by atoms with Crippen LogP contribution < -0.4 is 5.32 Å². The highest BCUT2D eigenvalue weighted by molar-refractivity contribution is 5.49. The number of alkyl halides is 1. The number of nitrogens with zero attached hydrogens (tertiary/aromatic N) is 1. The Morgan fingerprint density at radius 3 is 2.39 bits per heavy atom. The Labute approximate surface area is 103 Å². The molecule has 0 amide bonds. The fraction of sp³-hybridized carbons (Fsp3) is 0.0714. The molecule has 0 aliphatic rings. The van der Waals surface area contributed by atoms with Gasteiger partial charge in [-0.2, -0.15) is 9.65 Å². The van der Waals surface area contributed by atoms with E-state index in [4.69, 9.17) is 5.26 Å². The molecule has 0 fully saturated rings. The summed E-state index contributed by atoms with van der Waals surface area (Å²) in [7, 11) is 0. The van der Waals surface area contributed by atoms with E-state index in [1.807, 2.05) is 0 Å². The minimum absolute atomic E-state index is 0.178. The predicted molar refractivity (Wildman–Crippen MR) is 64.9 cm³/mol. The summed E-state index contributed by atoms with van der Waals surface area (Å²) in [6, 6.07) is 14.9. The molecule has 1 unspecified atom stereocenters. The van der Waals surface area contributed by atoms with Crippen molar-refractivity contribution >= 4 is 5.69 Å². The minimum atomic E-state index is -2.38. The van der Waals surface area contributed by atoms with Gasteiger partial charge in [-0.05, 0) is 18.2 Å². The van der Waals surface area contributed by atoms with Gasteiger partial charge >= 0.3 is 0 Å². The molecule has 90 valence electrons. The summed E-state index contributed by atoms with van der Waals surface area (Å²) in [5.41, 5.74) is 0.389. The molecule has 0 saturated carbocycles. The lowest BCUT2D eigenvalue weighted by Crippen LogP contribution is -2.28. The summed E-state index contributed by atoms with van der Waals surface area (Å²) in [6.45, 7) is 0. The van der Waals surface area contributed by atoms with Gasteiger partial charge in [-0.15, -0.1) is 0 Å². The molecule has 1 N–H and O–H groups in total. The number of hydrogen-bond donors (Lipinski definition) is 1. The molecule has 0 aromatic heterocycles. The number of nitriles is 1. The second-order valence-electron chi connectivity index (χ2n) is 3.77. The van der Waals surface area contributed by atoms with E-state index in [0.29, 0.717) is 0 Å².